The Labute approximate surface area is 111 Å². The van der Waals surface area contributed by atoms with E-state index in [0.717, 1.165) is 12.8 Å². The third kappa shape index (κ3) is 4.47. The van der Waals surface area contributed by atoms with E-state index in [2.05, 4.69) is 33.0 Å². The van der Waals surface area contributed by atoms with E-state index < -0.39 is 0 Å². The van der Waals surface area contributed by atoms with Gasteiger partial charge in [0.2, 0.25) is 5.91 Å². The number of hydrogen-bond acceptors (Lipinski definition) is 2. The first-order valence-corrected chi connectivity index (χ1v) is 6.22. The molecule has 1 rings (SSSR count). The van der Waals surface area contributed by atoms with E-state index in [1.165, 1.54) is 0 Å². The van der Waals surface area contributed by atoms with Crippen LogP contribution in [0.4, 0.5) is 0 Å². The molecular weight excluding hydrogens is 236 g/mol. The van der Waals surface area contributed by atoms with Crippen molar-refractivity contribution in [1.29, 1.82) is 0 Å². The maximum Gasteiger partial charge on any atom is 0.224 e. The van der Waals surface area contributed by atoms with Gasteiger partial charge in [-0.25, -0.2) is 0 Å². The van der Waals surface area contributed by atoms with Gasteiger partial charge in [-0.1, -0.05) is 27.7 Å². The minimum Gasteiger partial charge on any atom is -0.349 e. The number of hydrogen-bond donors (Lipinski definition) is 2. The molecule has 0 spiro atoms. The highest BCUT2D eigenvalue weighted by Crippen LogP contribution is 2.51. The first-order valence-electron chi connectivity index (χ1n) is 6.22. The summed E-state index contributed by atoms with van der Waals surface area (Å²) in [5.41, 5.74) is 5.72. The van der Waals surface area contributed by atoms with Crippen molar-refractivity contribution in [3.8, 4) is 0 Å². The van der Waals surface area contributed by atoms with Crippen molar-refractivity contribution < 1.29 is 4.79 Å². The van der Waals surface area contributed by atoms with E-state index in [9.17, 15) is 4.79 Å². The molecule has 0 saturated heterocycles. The van der Waals surface area contributed by atoms with Gasteiger partial charge in [0.05, 0.1) is 0 Å². The van der Waals surface area contributed by atoms with Gasteiger partial charge in [-0.15, -0.1) is 12.4 Å². The lowest BCUT2D eigenvalue weighted by Gasteiger charge is -2.31. The predicted molar refractivity (Wildman–Crippen MR) is 74.2 cm³/mol. The Hall–Kier alpha value is -0.280. The summed E-state index contributed by atoms with van der Waals surface area (Å²) in [5.74, 6) is 0.908. The quantitative estimate of drug-likeness (QED) is 0.799. The zero-order chi connectivity index (χ0) is 12.6. The zero-order valence-electron chi connectivity index (χ0n) is 11.7. The number of carbonyl (C=O) groups excluding carboxylic acids is 1. The topological polar surface area (TPSA) is 55.1 Å². The molecule has 1 saturated carbocycles. The molecular formula is C13H27ClN2O. The van der Waals surface area contributed by atoms with Crippen molar-refractivity contribution in [2.45, 2.75) is 53.0 Å². The van der Waals surface area contributed by atoms with Crippen molar-refractivity contribution in [2.24, 2.45) is 23.0 Å². The smallest absolute Gasteiger partial charge is 0.224 e. The molecule has 3 nitrogen and oxygen atoms in total. The van der Waals surface area contributed by atoms with Crippen LogP contribution >= 0.6 is 12.4 Å². The molecule has 0 aromatic rings. The highest BCUT2D eigenvalue weighted by atomic mass is 35.5. The molecule has 4 heteroatoms. The van der Waals surface area contributed by atoms with Gasteiger partial charge in [-0.3, -0.25) is 4.79 Å². The molecule has 1 aliphatic carbocycles. The number of rotatable bonds is 5. The van der Waals surface area contributed by atoms with Gasteiger partial charge in [-0.2, -0.15) is 0 Å². The second kappa shape index (κ2) is 5.57. The molecule has 2 atom stereocenters. The van der Waals surface area contributed by atoms with Gasteiger partial charge in [0.15, 0.2) is 0 Å². The van der Waals surface area contributed by atoms with Crippen LogP contribution in [0.5, 0.6) is 0 Å². The molecule has 1 aliphatic rings. The SMILES string of the molecule is CC(C)CC(C)(CN)NC(=O)C1CC1(C)C.Cl. The third-order valence-corrected chi connectivity index (χ3v) is 3.56. The van der Waals surface area contributed by atoms with Crippen LogP contribution in [0.3, 0.4) is 0 Å². The number of halogens is 1. The van der Waals surface area contributed by atoms with Crippen molar-refractivity contribution in [3.05, 3.63) is 0 Å². The summed E-state index contributed by atoms with van der Waals surface area (Å²) in [6.45, 7) is 11.1. The van der Waals surface area contributed by atoms with Crippen molar-refractivity contribution in [1.82, 2.24) is 5.32 Å². The molecule has 2 unspecified atom stereocenters. The summed E-state index contributed by atoms with van der Waals surface area (Å²) >= 11 is 0. The van der Waals surface area contributed by atoms with Crippen molar-refractivity contribution in [2.75, 3.05) is 6.54 Å². The monoisotopic (exact) mass is 262 g/mol. The van der Waals surface area contributed by atoms with Crippen molar-refractivity contribution in [3.63, 3.8) is 0 Å². The summed E-state index contributed by atoms with van der Waals surface area (Å²) in [5, 5.41) is 3.13. The van der Waals surface area contributed by atoms with Crippen LogP contribution in [-0.2, 0) is 4.79 Å². The minimum absolute atomic E-state index is 0. The molecule has 0 aromatic carbocycles. The van der Waals surface area contributed by atoms with Crippen molar-refractivity contribution >= 4 is 18.3 Å². The molecule has 1 amide bonds. The van der Waals surface area contributed by atoms with E-state index in [-0.39, 0.29) is 35.2 Å². The largest absolute Gasteiger partial charge is 0.349 e. The first kappa shape index (κ1) is 16.7. The Morgan fingerprint density at radius 3 is 2.29 bits per heavy atom. The lowest BCUT2D eigenvalue weighted by Crippen LogP contribution is -2.52. The summed E-state index contributed by atoms with van der Waals surface area (Å²) < 4.78 is 0. The fraction of sp³-hybridized carbons (Fsp3) is 0.923. The number of carbonyl (C=O) groups is 1. The molecule has 0 aromatic heterocycles. The highest BCUT2D eigenvalue weighted by Gasteiger charge is 2.51. The van der Waals surface area contributed by atoms with Gasteiger partial charge >= 0.3 is 0 Å². The van der Waals surface area contributed by atoms with Gasteiger partial charge in [0, 0.05) is 18.0 Å². The molecule has 0 aliphatic heterocycles. The van der Waals surface area contributed by atoms with Gasteiger partial charge < -0.3 is 11.1 Å². The number of amides is 1. The lowest BCUT2D eigenvalue weighted by atomic mass is 9.90. The van der Waals surface area contributed by atoms with Crippen LogP contribution in [-0.4, -0.2) is 18.0 Å². The number of nitrogens with two attached hydrogens (primary N) is 1. The Kier molecular flexibility index (Phi) is 5.48. The summed E-state index contributed by atoms with van der Waals surface area (Å²) in [6, 6.07) is 0. The van der Waals surface area contributed by atoms with Crippen LogP contribution < -0.4 is 11.1 Å². The molecule has 102 valence electrons. The second-order valence-corrected chi connectivity index (χ2v) is 6.60. The normalized spacial score (nSPS) is 24.8. The Morgan fingerprint density at radius 1 is 1.53 bits per heavy atom. The predicted octanol–water partition coefficient (Wildman–Crippen LogP) is 2.33. The van der Waals surface area contributed by atoms with E-state index in [4.69, 9.17) is 5.73 Å². The van der Waals surface area contributed by atoms with Crippen LogP contribution in [0.15, 0.2) is 0 Å². The Balaban J connectivity index is 0.00000256. The summed E-state index contributed by atoms with van der Waals surface area (Å²) in [4.78, 5) is 12.0. The molecule has 17 heavy (non-hydrogen) atoms. The highest BCUT2D eigenvalue weighted by molar-refractivity contribution is 5.85. The molecule has 0 radical (unpaired) electrons. The van der Waals surface area contributed by atoms with Crippen LogP contribution in [0.25, 0.3) is 0 Å². The van der Waals surface area contributed by atoms with Gasteiger partial charge in [0.1, 0.15) is 0 Å². The molecule has 0 bridgehead atoms. The van der Waals surface area contributed by atoms with Gasteiger partial charge in [-0.05, 0) is 31.1 Å². The lowest BCUT2D eigenvalue weighted by molar-refractivity contribution is -0.124. The van der Waals surface area contributed by atoms with Gasteiger partial charge in [0.25, 0.3) is 0 Å². The van der Waals surface area contributed by atoms with Crippen LogP contribution in [0, 0.1) is 17.3 Å². The maximum atomic E-state index is 12.0. The number of nitrogens with one attached hydrogen (secondary N) is 1. The van der Waals surface area contributed by atoms with E-state index in [1.807, 2.05) is 6.92 Å². The third-order valence-electron chi connectivity index (χ3n) is 3.56. The molecule has 3 N–H and O–H groups in total. The minimum atomic E-state index is -0.246. The molecule has 0 heterocycles. The fourth-order valence-corrected chi connectivity index (χ4v) is 2.39. The molecule has 1 fully saturated rings. The van der Waals surface area contributed by atoms with Crippen LogP contribution in [0.1, 0.15) is 47.5 Å². The average Bonchev–Trinajstić information content (AvgIpc) is 2.74. The standard InChI is InChI=1S/C13H26N2O.ClH/c1-9(2)6-13(5,8-14)15-11(16)10-7-12(10,3)4;/h9-10H,6-8,14H2,1-5H3,(H,15,16);1H. The van der Waals surface area contributed by atoms with Crippen LogP contribution in [0.2, 0.25) is 0 Å². The Morgan fingerprint density at radius 2 is 2.00 bits per heavy atom. The average molecular weight is 263 g/mol. The first-order chi connectivity index (χ1) is 7.20. The van der Waals surface area contributed by atoms with E-state index >= 15 is 0 Å². The summed E-state index contributed by atoms with van der Waals surface area (Å²) in [7, 11) is 0. The zero-order valence-corrected chi connectivity index (χ0v) is 12.5. The van der Waals surface area contributed by atoms with E-state index in [1.54, 1.807) is 0 Å². The Bertz CT molecular complexity index is 279. The second-order valence-electron chi connectivity index (χ2n) is 6.60. The fourth-order valence-electron chi connectivity index (χ4n) is 2.39. The summed E-state index contributed by atoms with van der Waals surface area (Å²) in [6.07, 6.45) is 1.93. The maximum absolute atomic E-state index is 12.0. The van der Waals surface area contributed by atoms with E-state index in [0.29, 0.717) is 12.5 Å².